The second kappa shape index (κ2) is 6.82. The smallest absolute Gasteiger partial charge is 0.252 e. The summed E-state index contributed by atoms with van der Waals surface area (Å²) >= 11 is 0. The Morgan fingerprint density at radius 2 is 1.94 bits per heavy atom. The van der Waals surface area contributed by atoms with Crippen molar-refractivity contribution in [3.05, 3.63) is 77.3 Å². The van der Waals surface area contributed by atoms with Crippen LogP contribution in [0.4, 0.5) is 15.9 Å². The Labute approximate surface area is 185 Å². The third-order valence-corrected chi connectivity index (χ3v) is 7.13. The van der Waals surface area contributed by atoms with Crippen LogP contribution in [0.3, 0.4) is 0 Å². The lowest BCUT2D eigenvalue weighted by Gasteiger charge is -2.30. The number of nitrogens with one attached hydrogen (secondary N) is 1. The van der Waals surface area contributed by atoms with E-state index in [1.54, 1.807) is 6.20 Å². The van der Waals surface area contributed by atoms with Crippen molar-refractivity contribution >= 4 is 17.4 Å². The summed E-state index contributed by atoms with van der Waals surface area (Å²) in [4.78, 5) is 29.1. The fourth-order valence-electron chi connectivity index (χ4n) is 5.04. The minimum absolute atomic E-state index is 0.198. The van der Waals surface area contributed by atoms with Gasteiger partial charge in [0.05, 0.1) is 22.6 Å². The van der Waals surface area contributed by atoms with E-state index in [-0.39, 0.29) is 17.6 Å². The summed E-state index contributed by atoms with van der Waals surface area (Å²) in [7, 11) is 0. The van der Waals surface area contributed by atoms with Gasteiger partial charge in [0, 0.05) is 24.2 Å². The summed E-state index contributed by atoms with van der Waals surface area (Å²) in [6.07, 6.45) is 3.77. The second-order valence-corrected chi connectivity index (χ2v) is 9.31. The van der Waals surface area contributed by atoms with E-state index in [0.717, 1.165) is 48.1 Å². The molecule has 0 unspecified atom stereocenters. The van der Waals surface area contributed by atoms with Crippen molar-refractivity contribution in [2.24, 2.45) is 11.8 Å². The number of halogens is 1. The molecule has 2 aromatic heterocycles. The zero-order valence-corrected chi connectivity index (χ0v) is 18.0. The minimum atomic E-state index is -0.474. The van der Waals surface area contributed by atoms with Crippen LogP contribution >= 0.6 is 0 Å². The van der Waals surface area contributed by atoms with Gasteiger partial charge in [-0.05, 0) is 74.1 Å². The van der Waals surface area contributed by atoms with Crippen molar-refractivity contribution in [3.8, 4) is 0 Å². The summed E-state index contributed by atoms with van der Waals surface area (Å²) in [6, 6.07) is 11.8. The third-order valence-electron chi connectivity index (χ3n) is 7.13. The largest absolute Gasteiger partial charge is 0.341 e. The molecule has 2 aliphatic carbocycles. The van der Waals surface area contributed by atoms with Gasteiger partial charge in [0.25, 0.3) is 5.91 Å². The lowest BCUT2D eigenvalue weighted by Crippen LogP contribution is -2.37. The van der Waals surface area contributed by atoms with Crippen LogP contribution in [0.15, 0.2) is 48.7 Å². The normalized spacial score (nSPS) is 27.3. The highest BCUT2D eigenvalue weighted by Crippen LogP contribution is 2.57. The van der Waals surface area contributed by atoms with Gasteiger partial charge in [-0.15, -0.1) is 0 Å². The van der Waals surface area contributed by atoms with E-state index < -0.39 is 5.54 Å². The predicted octanol–water partition coefficient (Wildman–Crippen LogP) is 4.24. The number of hydrogen-bond acceptors (Lipinski definition) is 5. The predicted molar refractivity (Wildman–Crippen MR) is 118 cm³/mol. The summed E-state index contributed by atoms with van der Waals surface area (Å²) in [5, 5.41) is 3.20. The van der Waals surface area contributed by atoms with Crippen molar-refractivity contribution in [3.63, 3.8) is 0 Å². The lowest BCUT2D eigenvalue weighted by atomic mass is 10.0. The molecule has 1 amide bonds. The lowest BCUT2D eigenvalue weighted by molar-refractivity contribution is 0.0926. The van der Waals surface area contributed by atoms with E-state index >= 15 is 0 Å². The number of aryl methyl sites for hydroxylation is 1. The van der Waals surface area contributed by atoms with Gasteiger partial charge in [-0.1, -0.05) is 6.92 Å². The number of aromatic nitrogens is 3. The van der Waals surface area contributed by atoms with Crippen LogP contribution in [0.1, 0.15) is 53.3 Å². The van der Waals surface area contributed by atoms with Gasteiger partial charge in [-0.25, -0.2) is 14.4 Å². The quantitative estimate of drug-likeness (QED) is 0.672. The molecule has 32 heavy (non-hydrogen) atoms. The Morgan fingerprint density at radius 3 is 2.66 bits per heavy atom. The number of pyridine rings is 1. The Balaban J connectivity index is 1.33. The first-order valence-electron chi connectivity index (χ1n) is 11.1. The number of fused-ring (bicyclic) bond motifs is 3. The Hall–Kier alpha value is -3.35. The number of amides is 1. The fourth-order valence-corrected chi connectivity index (χ4v) is 5.04. The van der Waals surface area contributed by atoms with Gasteiger partial charge in [0.1, 0.15) is 17.5 Å². The molecule has 1 aromatic carbocycles. The molecule has 3 heterocycles. The van der Waals surface area contributed by atoms with Gasteiger partial charge in [-0.2, -0.15) is 0 Å². The number of carbonyl (C=O) groups excluding carboxylic acids is 1. The van der Waals surface area contributed by atoms with Crippen molar-refractivity contribution in [1.29, 1.82) is 0 Å². The van der Waals surface area contributed by atoms with Gasteiger partial charge in [0.15, 0.2) is 0 Å². The number of anilines is 2. The summed E-state index contributed by atoms with van der Waals surface area (Å²) in [5.74, 6) is 2.45. The molecule has 3 aliphatic rings. The molecule has 0 bridgehead atoms. The number of rotatable bonds is 4. The van der Waals surface area contributed by atoms with Gasteiger partial charge in [0.2, 0.25) is 0 Å². The molecule has 2 fully saturated rings. The minimum Gasteiger partial charge on any atom is -0.341 e. The fraction of sp³-hybridized carbons (Fsp3) is 0.360. The van der Waals surface area contributed by atoms with Crippen LogP contribution in [0, 0.1) is 24.6 Å². The van der Waals surface area contributed by atoms with E-state index in [1.165, 1.54) is 24.3 Å². The number of benzene rings is 1. The molecule has 6 nitrogen and oxygen atoms in total. The van der Waals surface area contributed by atoms with Crippen molar-refractivity contribution in [2.45, 2.75) is 38.1 Å². The number of nitrogens with zero attached hydrogens (tertiary/aromatic N) is 4. The molecule has 7 heteroatoms. The first-order chi connectivity index (χ1) is 15.4. The highest BCUT2D eigenvalue weighted by atomic mass is 19.1. The summed E-state index contributed by atoms with van der Waals surface area (Å²) in [5.41, 5.74) is 3.09. The second-order valence-electron chi connectivity index (χ2n) is 9.31. The van der Waals surface area contributed by atoms with E-state index in [4.69, 9.17) is 4.98 Å². The monoisotopic (exact) mass is 429 g/mol. The highest BCUT2D eigenvalue weighted by molar-refractivity contribution is 5.95. The van der Waals surface area contributed by atoms with E-state index in [9.17, 15) is 9.18 Å². The van der Waals surface area contributed by atoms with Crippen molar-refractivity contribution in [1.82, 2.24) is 20.3 Å². The molecular weight excluding hydrogens is 405 g/mol. The Morgan fingerprint density at radius 1 is 1.16 bits per heavy atom. The molecule has 4 atom stereocenters. The first kappa shape index (κ1) is 19.3. The average Bonchev–Trinajstić information content (AvgIpc) is 3.70. The van der Waals surface area contributed by atoms with Crippen LogP contribution in [0.5, 0.6) is 0 Å². The first-order valence-corrected chi connectivity index (χ1v) is 11.1. The van der Waals surface area contributed by atoms with Crippen LogP contribution in [0.25, 0.3) is 0 Å². The molecule has 0 radical (unpaired) electrons. The number of hydrogen-bond donors (Lipinski definition) is 1. The van der Waals surface area contributed by atoms with E-state index in [0.29, 0.717) is 17.4 Å². The van der Waals surface area contributed by atoms with E-state index in [1.807, 2.05) is 19.1 Å². The van der Waals surface area contributed by atoms with Gasteiger partial charge in [-0.3, -0.25) is 9.78 Å². The molecule has 2 saturated carbocycles. The topological polar surface area (TPSA) is 71.0 Å². The molecule has 1 N–H and O–H groups in total. The maximum Gasteiger partial charge on any atom is 0.252 e. The molecule has 0 spiro atoms. The standard InChI is InChI=1S/C25H24FN5O/c1-14-12-25(14,30-24(32)16-3-5-18(26)6-4-16)21-8-7-20-23(29-21)19-11-17(19)13-31(20)22-9-10-27-15(2)28-22/h3-10,14,17,19H,11-13H2,1-2H3,(H,30,32)/t14-,17+,19+,25+/m0/s1. The Bertz CT molecular complexity index is 1230. The molecule has 0 saturated heterocycles. The average molecular weight is 429 g/mol. The SMILES string of the molecule is Cc1nccc(N2C[C@H]3C[C@H]3c3nc([C@@]4(NC(=O)c5ccc(F)cc5)C[C@@H]4C)ccc32)n1. The zero-order chi connectivity index (χ0) is 22.0. The summed E-state index contributed by atoms with van der Waals surface area (Å²) < 4.78 is 13.3. The maximum atomic E-state index is 13.3. The molecule has 6 rings (SSSR count). The molecular formula is C25H24FN5O. The van der Waals surface area contributed by atoms with Crippen LogP contribution in [-0.2, 0) is 5.54 Å². The van der Waals surface area contributed by atoms with Gasteiger partial charge < -0.3 is 10.2 Å². The third kappa shape index (κ3) is 3.06. The van der Waals surface area contributed by atoms with Gasteiger partial charge >= 0.3 is 0 Å². The molecule has 3 aromatic rings. The highest BCUT2D eigenvalue weighted by Gasteiger charge is 2.56. The number of carbonyl (C=O) groups is 1. The molecule has 1 aliphatic heterocycles. The van der Waals surface area contributed by atoms with Crippen LogP contribution in [0.2, 0.25) is 0 Å². The van der Waals surface area contributed by atoms with E-state index in [2.05, 4.69) is 33.2 Å². The van der Waals surface area contributed by atoms with Crippen molar-refractivity contribution in [2.75, 3.05) is 11.4 Å². The van der Waals surface area contributed by atoms with Crippen LogP contribution in [-0.4, -0.2) is 27.4 Å². The maximum absolute atomic E-state index is 13.3. The summed E-state index contributed by atoms with van der Waals surface area (Å²) in [6.45, 7) is 4.97. The van der Waals surface area contributed by atoms with Crippen LogP contribution < -0.4 is 10.2 Å². The molecule has 162 valence electrons. The Kier molecular flexibility index (Phi) is 4.12. The zero-order valence-electron chi connectivity index (χ0n) is 18.0. The van der Waals surface area contributed by atoms with Crippen molar-refractivity contribution < 1.29 is 9.18 Å².